The number of rotatable bonds is 5. The molecular formula is C12H16BrNO. The van der Waals surface area contributed by atoms with Crippen molar-refractivity contribution in [1.29, 1.82) is 0 Å². The first kappa shape index (κ1) is 12.2. The van der Waals surface area contributed by atoms with Gasteiger partial charge in [0.05, 0.1) is 0 Å². The van der Waals surface area contributed by atoms with E-state index in [2.05, 4.69) is 21.2 Å². The molecule has 1 rings (SSSR count). The molecule has 0 spiro atoms. The van der Waals surface area contributed by atoms with E-state index in [1.807, 2.05) is 31.2 Å². The van der Waals surface area contributed by atoms with E-state index in [9.17, 15) is 4.79 Å². The molecule has 0 atom stereocenters. The number of carbonyl (C=O) groups is 1. The second-order valence-electron chi connectivity index (χ2n) is 3.44. The molecule has 0 unspecified atom stereocenters. The van der Waals surface area contributed by atoms with Gasteiger partial charge in [0.1, 0.15) is 0 Å². The Labute approximate surface area is 99.2 Å². The number of benzene rings is 1. The zero-order valence-corrected chi connectivity index (χ0v) is 10.5. The highest BCUT2D eigenvalue weighted by Crippen LogP contribution is 2.17. The van der Waals surface area contributed by atoms with Gasteiger partial charge in [0, 0.05) is 17.4 Å². The second kappa shape index (κ2) is 6.62. The Morgan fingerprint density at radius 1 is 1.40 bits per heavy atom. The Hall–Kier alpha value is -0.830. The van der Waals surface area contributed by atoms with Crippen molar-refractivity contribution in [3.63, 3.8) is 0 Å². The van der Waals surface area contributed by atoms with Crippen LogP contribution in [0.25, 0.3) is 0 Å². The average Bonchev–Trinajstić information content (AvgIpc) is 2.25. The van der Waals surface area contributed by atoms with E-state index in [0.29, 0.717) is 6.42 Å². The summed E-state index contributed by atoms with van der Waals surface area (Å²) < 4.78 is 1.08. The summed E-state index contributed by atoms with van der Waals surface area (Å²) in [6, 6.07) is 8.01. The van der Waals surface area contributed by atoms with Crippen molar-refractivity contribution >= 4 is 21.8 Å². The van der Waals surface area contributed by atoms with Crippen LogP contribution in [0.1, 0.15) is 25.3 Å². The molecule has 0 radical (unpaired) electrons. The molecular weight excluding hydrogens is 254 g/mol. The lowest BCUT2D eigenvalue weighted by molar-refractivity contribution is -0.121. The summed E-state index contributed by atoms with van der Waals surface area (Å²) in [5.74, 6) is 0.132. The van der Waals surface area contributed by atoms with Crippen LogP contribution in [0.3, 0.4) is 0 Å². The van der Waals surface area contributed by atoms with Crippen molar-refractivity contribution in [2.45, 2.75) is 26.2 Å². The molecule has 0 aliphatic rings. The maximum atomic E-state index is 11.4. The highest BCUT2D eigenvalue weighted by Gasteiger charge is 2.03. The fraction of sp³-hybridized carbons (Fsp3) is 0.417. The first-order chi connectivity index (χ1) is 7.24. The largest absolute Gasteiger partial charge is 0.356 e. The van der Waals surface area contributed by atoms with Crippen LogP contribution in [0.15, 0.2) is 28.7 Å². The third-order valence-corrected chi connectivity index (χ3v) is 2.93. The Bertz CT molecular complexity index is 325. The summed E-state index contributed by atoms with van der Waals surface area (Å²) in [5.41, 5.74) is 1.18. The SMILES string of the molecule is CCCNC(=O)CCc1ccccc1Br. The van der Waals surface area contributed by atoms with Crippen LogP contribution in [0.2, 0.25) is 0 Å². The smallest absolute Gasteiger partial charge is 0.220 e. The van der Waals surface area contributed by atoms with Gasteiger partial charge in [0.25, 0.3) is 0 Å². The summed E-state index contributed by atoms with van der Waals surface area (Å²) in [4.78, 5) is 11.4. The molecule has 3 heteroatoms. The summed E-state index contributed by atoms with van der Waals surface area (Å²) in [5, 5.41) is 2.87. The second-order valence-corrected chi connectivity index (χ2v) is 4.30. The van der Waals surface area contributed by atoms with Gasteiger partial charge in [-0.1, -0.05) is 41.1 Å². The van der Waals surface area contributed by atoms with E-state index in [1.54, 1.807) is 0 Å². The predicted molar refractivity (Wildman–Crippen MR) is 65.8 cm³/mol. The van der Waals surface area contributed by atoms with E-state index in [-0.39, 0.29) is 5.91 Å². The lowest BCUT2D eigenvalue weighted by atomic mass is 10.1. The molecule has 82 valence electrons. The highest BCUT2D eigenvalue weighted by molar-refractivity contribution is 9.10. The lowest BCUT2D eigenvalue weighted by Crippen LogP contribution is -2.24. The minimum Gasteiger partial charge on any atom is -0.356 e. The quantitative estimate of drug-likeness (QED) is 0.875. The third-order valence-electron chi connectivity index (χ3n) is 2.15. The van der Waals surface area contributed by atoms with Crippen molar-refractivity contribution in [3.05, 3.63) is 34.3 Å². The zero-order chi connectivity index (χ0) is 11.1. The minimum atomic E-state index is 0.132. The average molecular weight is 270 g/mol. The number of halogens is 1. The van der Waals surface area contributed by atoms with Gasteiger partial charge < -0.3 is 5.32 Å². The number of hydrogen-bond acceptors (Lipinski definition) is 1. The molecule has 0 aromatic heterocycles. The van der Waals surface area contributed by atoms with Crippen molar-refractivity contribution in [1.82, 2.24) is 5.32 Å². The minimum absolute atomic E-state index is 0.132. The molecule has 1 amide bonds. The van der Waals surface area contributed by atoms with E-state index in [1.165, 1.54) is 5.56 Å². The van der Waals surface area contributed by atoms with Gasteiger partial charge in [-0.2, -0.15) is 0 Å². The summed E-state index contributed by atoms with van der Waals surface area (Å²) in [7, 11) is 0. The molecule has 0 aliphatic carbocycles. The highest BCUT2D eigenvalue weighted by atomic mass is 79.9. The van der Waals surface area contributed by atoms with E-state index >= 15 is 0 Å². The van der Waals surface area contributed by atoms with Gasteiger partial charge in [0.2, 0.25) is 5.91 Å². The van der Waals surface area contributed by atoms with Crippen LogP contribution >= 0.6 is 15.9 Å². The summed E-state index contributed by atoms with van der Waals surface area (Å²) in [6.07, 6.45) is 2.33. The van der Waals surface area contributed by atoms with Gasteiger partial charge in [-0.3, -0.25) is 4.79 Å². The molecule has 0 saturated heterocycles. The fourth-order valence-corrected chi connectivity index (χ4v) is 1.79. The number of amides is 1. The van der Waals surface area contributed by atoms with Crippen molar-refractivity contribution in [2.75, 3.05) is 6.54 Å². The third kappa shape index (κ3) is 4.47. The van der Waals surface area contributed by atoms with Crippen LogP contribution in [0, 0.1) is 0 Å². The summed E-state index contributed by atoms with van der Waals surface area (Å²) in [6.45, 7) is 2.82. The molecule has 1 aromatic rings. The van der Waals surface area contributed by atoms with Gasteiger partial charge in [-0.15, -0.1) is 0 Å². The van der Waals surface area contributed by atoms with E-state index in [4.69, 9.17) is 0 Å². The van der Waals surface area contributed by atoms with Gasteiger partial charge >= 0.3 is 0 Å². The number of carbonyl (C=O) groups excluding carboxylic acids is 1. The van der Waals surface area contributed by atoms with Crippen molar-refractivity contribution in [2.24, 2.45) is 0 Å². The molecule has 1 aromatic carbocycles. The first-order valence-electron chi connectivity index (χ1n) is 5.24. The maximum Gasteiger partial charge on any atom is 0.220 e. The lowest BCUT2D eigenvalue weighted by Gasteiger charge is -2.05. The normalized spacial score (nSPS) is 10.0. The molecule has 0 aliphatic heterocycles. The molecule has 0 fully saturated rings. The Balaban J connectivity index is 2.37. The predicted octanol–water partition coefficient (Wildman–Crippen LogP) is 2.91. The fourth-order valence-electron chi connectivity index (χ4n) is 1.30. The molecule has 0 heterocycles. The van der Waals surface area contributed by atoms with Gasteiger partial charge in [-0.25, -0.2) is 0 Å². The zero-order valence-electron chi connectivity index (χ0n) is 8.92. The molecule has 0 bridgehead atoms. The Morgan fingerprint density at radius 3 is 2.80 bits per heavy atom. The van der Waals surface area contributed by atoms with Crippen LogP contribution < -0.4 is 5.32 Å². The van der Waals surface area contributed by atoms with Gasteiger partial charge in [0.15, 0.2) is 0 Å². The van der Waals surface area contributed by atoms with Crippen LogP contribution in [0.4, 0.5) is 0 Å². The summed E-state index contributed by atoms with van der Waals surface area (Å²) >= 11 is 3.47. The standard InChI is InChI=1S/C12H16BrNO/c1-2-9-14-12(15)8-7-10-5-3-4-6-11(10)13/h3-6H,2,7-9H2,1H3,(H,14,15). The number of hydrogen-bond donors (Lipinski definition) is 1. The molecule has 2 nitrogen and oxygen atoms in total. The maximum absolute atomic E-state index is 11.4. The van der Waals surface area contributed by atoms with Gasteiger partial charge in [-0.05, 0) is 24.5 Å². The van der Waals surface area contributed by atoms with Crippen LogP contribution in [-0.4, -0.2) is 12.5 Å². The Kier molecular flexibility index (Phi) is 5.40. The molecule has 0 saturated carbocycles. The monoisotopic (exact) mass is 269 g/mol. The number of aryl methyl sites for hydroxylation is 1. The topological polar surface area (TPSA) is 29.1 Å². The first-order valence-corrected chi connectivity index (χ1v) is 6.03. The van der Waals surface area contributed by atoms with E-state index < -0.39 is 0 Å². The molecule has 15 heavy (non-hydrogen) atoms. The van der Waals surface area contributed by atoms with Crippen LogP contribution in [-0.2, 0) is 11.2 Å². The van der Waals surface area contributed by atoms with Crippen LogP contribution in [0.5, 0.6) is 0 Å². The molecule has 1 N–H and O–H groups in total. The number of nitrogens with one attached hydrogen (secondary N) is 1. The van der Waals surface area contributed by atoms with Crippen molar-refractivity contribution in [3.8, 4) is 0 Å². The Morgan fingerprint density at radius 2 is 2.13 bits per heavy atom. The van der Waals surface area contributed by atoms with Crippen molar-refractivity contribution < 1.29 is 4.79 Å². The van der Waals surface area contributed by atoms with E-state index in [0.717, 1.165) is 23.9 Å².